The van der Waals surface area contributed by atoms with Crippen molar-refractivity contribution in [2.24, 2.45) is 0 Å². The molecule has 0 saturated carbocycles. The lowest BCUT2D eigenvalue weighted by Gasteiger charge is -2.14. The number of carbonyl (C=O) groups is 1. The number of nitrogens with zero attached hydrogens (tertiary/aromatic N) is 2. The van der Waals surface area contributed by atoms with Crippen molar-refractivity contribution in [1.29, 1.82) is 0 Å². The Bertz CT molecular complexity index is 560. The summed E-state index contributed by atoms with van der Waals surface area (Å²) >= 11 is 1.72. The van der Waals surface area contributed by atoms with Crippen molar-refractivity contribution in [3.8, 4) is 0 Å². The van der Waals surface area contributed by atoms with Crippen LogP contribution >= 0.6 is 11.3 Å². The molecule has 0 aromatic carbocycles. The molecule has 0 fully saturated rings. The van der Waals surface area contributed by atoms with Gasteiger partial charge in [-0.25, -0.2) is 0 Å². The van der Waals surface area contributed by atoms with Crippen LogP contribution < -0.4 is 5.32 Å². The molecule has 2 heterocycles. The summed E-state index contributed by atoms with van der Waals surface area (Å²) in [6.45, 7) is 6.71. The average Bonchev–Trinajstić information content (AvgIpc) is 2.99. The molecule has 0 aliphatic heterocycles. The van der Waals surface area contributed by atoms with Crippen molar-refractivity contribution >= 4 is 17.2 Å². The fourth-order valence-electron chi connectivity index (χ4n) is 2.30. The molecule has 4 nitrogen and oxygen atoms in total. The van der Waals surface area contributed by atoms with Crippen molar-refractivity contribution < 1.29 is 4.79 Å². The Balaban J connectivity index is 1.77. The predicted octanol–water partition coefficient (Wildman–Crippen LogP) is 2.87. The summed E-state index contributed by atoms with van der Waals surface area (Å²) in [5.41, 5.74) is 2.09. The zero-order valence-corrected chi connectivity index (χ0v) is 13.0. The number of hydrogen-bond donors (Lipinski definition) is 1. The topological polar surface area (TPSA) is 46.9 Å². The summed E-state index contributed by atoms with van der Waals surface area (Å²) in [6, 6.07) is 6.25. The normalized spacial score (nSPS) is 12.3. The van der Waals surface area contributed by atoms with Gasteiger partial charge in [-0.3, -0.25) is 9.48 Å². The first-order valence-corrected chi connectivity index (χ1v) is 7.76. The van der Waals surface area contributed by atoms with Crippen molar-refractivity contribution in [1.82, 2.24) is 15.1 Å². The van der Waals surface area contributed by atoms with E-state index in [1.807, 2.05) is 37.6 Å². The third-order valence-corrected chi connectivity index (χ3v) is 4.15. The molecule has 2 aromatic rings. The summed E-state index contributed by atoms with van der Waals surface area (Å²) < 4.78 is 1.92. The molecule has 1 unspecified atom stereocenters. The lowest BCUT2D eigenvalue weighted by Crippen LogP contribution is -2.28. The zero-order chi connectivity index (χ0) is 14.5. The largest absolute Gasteiger partial charge is 0.356 e. The van der Waals surface area contributed by atoms with Crippen LogP contribution in [0, 0.1) is 13.8 Å². The minimum absolute atomic E-state index is 0.0848. The van der Waals surface area contributed by atoms with E-state index in [0.29, 0.717) is 13.0 Å². The molecule has 0 saturated heterocycles. The first-order valence-electron chi connectivity index (χ1n) is 6.88. The van der Waals surface area contributed by atoms with Gasteiger partial charge in [0.05, 0.1) is 11.7 Å². The molecule has 1 amide bonds. The Kier molecular flexibility index (Phi) is 4.95. The molecule has 0 spiro atoms. The van der Waals surface area contributed by atoms with Crippen LogP contribution in [-0.2, 0) is 11.2 Å². The lowest BCUT2D eigenvalue weighted by atomic mass is 10.2. The molecular weight excluding hydrogens is 270 g/mol. The summed E-state index contributed by atoms with van der Waals surface area (Å²) in [6.07, 6.45) is 1.37. The second-order valence-electron chi connectivity index (χ2n) is 5.10. The second kappa shape index (κ2) is 6.70. The predicted molar refractivity (Wildman–Crippen MR) is 82.1 cm³/mol. The Morgan fingerprint density at radius 1 is 1.50 bits per heavy atom. The summed E-state index contributed by atoms with van der Waals surface area (Å²) in [4.78, 5) is 13.2. The molecule has 108 valence electrons. The van der Waals surface area contributed by atoms with Crippen LogP contribution in [0.1, 0.15) is 35.7 Å². The first kappa shape index (κ1) is 14.8. The number of hydrogen-bond acceptors (Lipinski definition) is 3. The van der Waals surface area contributed by atoms with Crippen molar-refractivity contribution in [3.05, 3.63) is 39.8 Å². The molecule has 1 N–H and O–H groups in total. The van der Waals surface area contributed by atoms with Gasteiger partial charge in [-0.2, -0.15) is 5.10 Å². The van der Waals surface area contributed by atoms with E-state index in [9.17, 15) is 4.79 Å². The number of thiophene rings is 1. The van der Waals surface area contributed by atoms with Gasteiger partial charge in [0.2, 0.25) is 5.91 Å². The first-order chi connectivity index (χ1) is 9.56. The maximum absolute atomic E-state index is 11.9. The second-order valence-corrected chi connectivity index (χ2v) is 6.14. The molecule has 2 aromatic heterocycles. The maximum Gasteiger partial charge on any atom is 0.222 e. The Hall–Kier alpha value is -1.62. The molecule has 20 heavy (non-hydrogen) atoms. The van der Waals surface area contributed by atoms with Gasteiger partial charge < -0.3 is 5.32 Å². The highest BCUT2D eigenvalue weighted by molar-refractivity contribution is 7.09. The summed E-state index contributed by atoms with van der Waals surface area (Å²) in [5.74, 6) is 0.0848. The van der Waals surface area contributed by atoms with E-state index in [4.69, 9.17) is 0 Å². The van der Waals surface area contributed by atoms with Crippen LogP contribution in [0.5, 0.6) is 0 Å². The van der Waals surface area contributed by atoms with Gasteiger partial charge in [0, 0.05) is 23.5 Å². The maximum atomic E-state index is 11.9. The molecule has 0 aliphatic carbocycles. The van der Waals surface area contributed by atoms with Gasteiger partial charge in [0.1, 0.15) is 0 Å². The highest BCUT2D eigenvalue weighted by atomic mass is 32.1. The average molecular weight is 291 g/mol. The van der Waals surface area contributed by atoms with E-state index in [2.05, 4.69) is 21.9 Å². The van der Waals surface area contributed by atoms with Crippen molar-refractivity contribution in [3.63, 3.8) is 0 Å². The Morgan fingerprint density at radius 2 is 2.30 bits per heavy atom. The fourth-order valence-corrected chi connectivity index (χ4v) is 3.01. The number of nitrogens with one attached hydrogen (secondary N) is 1. The van der Waals surface area contributed by atoms with Crippen LogP contribution in [0.25, 0.3) is 0 Å². The van der Waals surface area contributed by atoms with E-state index in [1.165, 1.54) is 4.88 Å². The Morgan fingerprint density at radius 3 is 2.90 bits per heavy atom. The third-order valence-electron chi connectivity index (χ3n) is 3.22. The van der Waals surface area contributed by atoms with E-state index >= 15 is 0 Å². The van der Waals surface area contributed by atoms with E-state index in [1.54, 1.807) is 11.3 Å². The van der Waals surface area contributed by atoms with Gasteiger partial charge in [-0.1, -0.05) is 6.07 Å². The monoisotopic (exact) mass is 291 g/mol. The molecule has 0 aliphatic rings. The molecular formula is C15H21N3OS. The van der Waals surface area contributed by atoms with Crippen LogP contribution in [0.3, 0.4) is 0 Å². The number of amides is 1. The molecule has 5 heteroatoms. The quantitative estimate of drug-likeness (QED) is 0.889. The van der Waals surface area contributed by atoms with Gasteiger partial charge >= 0.3 is 0 Å². The van der Waals surface area contributed by atoms with Gasteiger partial charge in [-0.15, -0.1) is 11.3 Å². The highest BCUT2D eigenvalue weighted by Gasteiger charge is 2.13. The SMILES string of the molecule is Cc1cc(C)n(C(C)CC(=O)NCCc2cccs2)n1. The number of carbonyl (C=O) groups excluding carboxylic acids is 1. The van der Waals surface area contributed by atoms with Crippen LogP contribution in [0.4, 0.5) is 0 Å². The minimum Gasteiger partial charge on any atom is -0.356 e. The minimum atomic E-state index is 0.0848. The van der Waals surface area contributed by atoms with Gasteiger partial charge in [-0.05, 0) is 44.7 Å². The zero-order valence-electron chi connectivity index (χ0n) is 12.2. The van der Waals surface area contributed by atoms with Crippen LogP contribution in [-0.4, -0.2) is 22.2 Å². The highest BCUT2D eigenvalue weighted by Crippen LogP contribution is 2.14. The lowest BCUT2D eigenvalue weighted by molar-refractivity contribution is -0.121. The summed E-state index contributed by atoms with van der Waals surface area (Å²) in [7, 11) is 0. The van der Waals surface area contributed by atoms with Gasteiger partial charge in [0.15, 0.2) is 0 Å². The Labute approximate surface area is 123 Å². The van der Waals surface area contributed by atoms with E-state index in [0.717, 1.165) is 17.8 Å². The molecule has 0 radical (unpaired) electrons. The van der Waals surface area contributed by atoms with Crippen LogP contribution in [0.2, 0.25) is 0 Å². The third kappa shape index (κ3) is 3.93. The fraction of sp³-hybridized carbons (Fsp3) is 0.467. The smallest absolute Gasteiger partial charge is 0.222 e. The van der Waals surface area contributed by atoms with Crippen molar-refractivity contribution in [2.75, 3.05) is 6.54 Å². The number of aryl methyl sites for hydroxylation is 2. The molecule has 2 rings (SSSR count). The van der Waals surface area contributed by atoms with Gasteiger partial charge in [0.25, 0.3) is 0 Å². The summed E-state index contributed by atoms with van der Waals surface area (Å²) in [5, 5.41) is 9.45. The number of rotatable bonds is 6. The molecule has 1 atom stereocenters. The molecule has 0 bridgehead atoms. The standard InChI is InChI=1S/C15H21N3OS/c1-11-9-12(2)18(17-11)13(3)10-15(19)16-7-6-14-5-4-8-20-14/h4-5,8-9,13H,6-7,10H2,1-3H3,(H,16,19). The van der Waals surface area contributed by atoms with E-state index in [-0.39, 0.29) is 11.9 Å². The van der Waals surface area contributed by atoms with Crippen LogP contribution in [0.15, 0.2) is 23.6 Å². The number of aromatic nitrogens is 2. The van der Waals surface area contributed by atoms with E-state index < -0.39 is 0 Å². The van der Waals surface area contributed by atoms with Crippen molar-refractivity contribution in [2.45, 2.75) is 39.7 Å².